The fraction of sp³-hybridized carbons (Fsp3) is 0.500. The van der Waals surface area contributed by atoms with E-state index in [4.69, 9.17) is 0 Å². The number of rotatable bonds is 2. The molecule has 5 heteroatoms. The number of hydrogen-bond acceptors (Lipinski definition) is 4. The molecule has 0 unspecified atom stereocenters. The monoisotopic (exact) mass is 264 g/mol. The summed E-state index contributed by atoms with van der Waals surface area (Å²) >= 11 is 0. The quantitative estimate of drug-likeness (QED) is 0.630. The summed E-state index contributed by atoms with van der Waals surface area (Å²) in [4.78, 5) is 0. The number of amidine groups is 1. The molecule has 2 rings (SSSR count). The molecule has 1 heterocycles. The van der Waals surface area contributed by atoms with Gasteiger partial charge in [-0.2, -0.15) is 0 Å². The third-order valence-electron chi connectivity index (χ3n) is 4.36. The summed E-state index contributed by atoms with van der Waals surface area (Å²) in [6.07, 6.45) is 0. The topological polar surface area (TPSA) is 69.8 Å². The highest BCUT2D eigenvalue weighted by Crippen LogP contribution is 2.37. The van der Waals surface area contributed by atoms with Crippen LogP contribution in [0.25, 0.3) is 0 Å². The predicted molar refractivity (Wildman–Crippen MR) is 71.9 cm³/mol. The second kappa shape index (κ2) is 4.21. The van der Waals surface area contributed by atoms with E-state index in [-0.39, 0.29) is 12.4 Å². The van der Waals surface area contributed by atoms with Gasteiger partial charge >= 0.3 is 5.84 Å². The lowest BCUT2D eigenvalue weighted by atomic mass is 9.84. The van der Waals surface area contributed by atoms with Crippen molar-refractivity contribution in [2.45, 2.75) is 45.4 Å². The SMILES string of the molecule is CC1(C)N(O)C(c2ccccc2CO)=[N+]([O-])C1(C)C. The lowest BCUT2D eigenvalue weighted by molar-refractivity contribution is -0.539. The molecular weight excluding hydrogens is 244 g/mol. The minimum absolute atomic E-state index is 0.178. The maximum atomic E-state index is 12.5. The summed E-state index contributed by atoms with van der Waals surface area (Å²) in [5.41, 5.74) is -0.334. The second-order valence-corrected chi connectivity index (χ2v) is 5.86. The molecule has 1 aliphatic heterocycles. The Bertz CT molecular complexity index is 535. The van der Waals surface area contributed by atoms with E-state index in [0.717, 1.165) is 9.80 Å². The van der Waals surface area contributed by atoms with Crippen molar-refractivity contribution in [2.75, 3.05) is 0 Å². The normalized spacial score (nSPS) is 21.1. The highest BCUT2D eigenvalue weighted by Gasteiger charge is 2.59. The van der Waals surface area contributed by atoms with Crippen LogP contribution < -0.4 is 0 Å². The Morgan fingerprint density at radius 1 is 1.21 bits per heavy atom. The maximum absolute atomic E-state index is 12.5. The Hall–Kier alpha value is -1.59. The largest absolute Gasteiger partial charge is 0.714 e. The number of hydroxylamine groups is 3. The van der Waals surface area contributed by atoms with Crippen LogP contribution in [0.15, 0.2) is 24.3 Å². The molecule has 0 saturated carbocycles. The van der Waals surface area contributed by atoms with Gasteiger partial charge in [0.25, 0.3) is 0 Å². The smallest absolute Gasteiger partial charge is 0.314 e. The lowest BCUT2D eigenvalue weighted by Gasteiger charge is -2.33. The van der Waals surface area contributed by atoms with Gasteiger partial charge in [0.15, 0.2) is 5.54 Å². The Morgan fingerprint density at radius 2 is 1.79 bits per heavy atom. The van der Waals surface area contributed by atoms with Gasteiger partial charge in [-0.15, -0.1) is 5.06 Å². The standard InChI is InChI=1S/C14H20N2O3/c1-13(2)14(3,4)16(19)12(15(13)18)11-8-6-5-7-10(11)9-17/h5-8,17-18H,9H2,1-4H3. The van der Waals surface area contributed by atoms with Crippen molar-refractivity contribution in [3.05, 3.63) is 40.6 Å². The summed E-state index contributed by atoms with van der Waals surface area (Å²) in [5.74, 6) is 0.180. The van der Waals surface area contributed by atoms with Crippen LogP contribution in [-0.2, 0) is 6.61 Å². The minimum Gasteiger partial charge on any atom is -0.714 e. The van der Waals surface area contributed by atoms with Crippen LogP contribution in [0.1, 0.15) is 38.8 Å². The molecule has 0 bridgehead atoms. The Labute approximate surface area is 113 Å². The fourth-order valence-corrected chi connectivity index (χ4v) is 2.22. The molecule has 0 spiro atoms. The van der Waals surface area contributed by atoms with Gasteiger partial charge in [0.2, 0.25) is 0 Å². The first-order chi connectivity index (χ1) is 8.75. The van der Waals surface area contributed by atoms with Crippen molar-refractivity contribution >= 4 is 5.84 Å². The fourth-order valence-electron chi connectivity index (χ4n) is 2.22. The molecule has 0 aromatic heterocycles. The van der Waals surface area contributed by atoms with Gasteiger partial charge in [-0.1, -0.05) is 18.2 Å². The lowest BCUT2D eigenvalue weighted by Crippen LogP contribution is -2.53. The third-order valence-corrected chi connectivity index (χ3v) is 4.36. The van der Waals surface area contributed by atoms with Crippen molar-refractivity contribution in [3.63, 3.8) is 0 Å². The van der Waals surface area contributed by atoms with Gasteiger partial charge in [-0.3, -0.25) is 4.74 Å². The summed E-state index contributed by atoms with van der Waals surface area (Å²) in [6.45, 7) is 7.02. The predicted octanol–water partition coefficient (Wildman–Crippen LogP) is 1.70. The van der Waals surface area contributed by atoms with Crippen LogP contribution in [0.5, 0.6) is 0 Å². The van der Waals surface area contributed by atoms with Gasteiger partial charge in [-0.25, -0.2) is 5.21 Å². The average molecular weight is 264 g/mol. The van der Waals surface area contributed by atoms with Crippen molar-refractivity contribution in [2.24, 2.45) is 0 Å². The minimum atomic E-state index is -0.778. The van der Waals surface area contributed by atoms with E-state index in [1.54, 1.807) is 38.1 Å². The molecule has 1 aliphatic rings. The zero-order chi connectivity index (χ0) is 14.4. The molecule has 0 radical (unpaired) electrons. The summed E-state index contributed by atoms with van der Waals surface area (Å²) in [5, 5.41) is 33.3. The van der Waals surface area contributed by atoms with E-state index in [9.17, 15) is 15.5 Å². The Balaban J connectivity index is 2.65. The molecule has 5 nitrogen and oxygen atoms in total. The van der Waals surface area contributed by atoms with Crippen LogP contribution in [0.3, 0.4) is 0 Å². The van der Waals surface area contributed by atoms with Crippen molar-refractivity contribution in [1.82, 2.24) is 5.06 Å². The zero-order valence-corrected chi connectivity index (χ0v) is 11.7. The van der Waals surface area contributed by atoms with Crippen molar-refractivity contribution in [1.29, 1.82) is 0 Å². The second-order valence-electron chi connectivity index (χ2n) is 5.86. The van der Waals surface area contributed by atoms with Gasteiger partial charge in [0.05, 0.1) is 12.2 Å². The molecule has 0 aliphatic carbocycles. The van der Waals surface area contributed by atoms with E-state index in [1.807, 2.05) is 13.8 Å². The van der Waals surface area contributed by atoms with Gasteiger partial charge in [0.1, 0.15) is 5.54 Å². The Kier molecular flexibility index (Phi) is 3.07. The molecule has 0 saturated heterocycles. The third kappa shape index (κ3) is 1.73. The van der Waals surface area contributed by atoms with E-state index >= 15 is 0 Å². The number of nitrogens with zero attached hydrogens (tertiary/aromatic N) is 2. The molecule has 1 aromatic carbocycles. The van der Waals surface area contributed by atoms with Crippen LogP contribution in [0.4, 0.5) is 0 Å². The Morgan fingerprint density at radius 3 is 2.26 bits per heavy atom. The molecule has 0 atom stereocenters. The number of aliphatic hydroxyl groups is 1. The first-order valence-corrected chi connectivity index (χ1v) is 6.27. The van der Waals surface area contributed by atoms with Crippen molar-refractivity contribution < 1.29 is 15.1 Å². The summed E-state index contributed by atoms with van der Waals surface area (Å²) < 4.78 is 0.821. The molecule has 0 fully saturated rings. The van der Waals surface area contributed by atoms with Gasteiger partial charge in [0, 0.05) is 0 Å². The first kappa shape index (κ1) is 13.8. The van der Waals surface area contributed by atoms with Crippen LogP contribution in [0, 0.1) is 5.21 Å². The van der Waals surface area contributed by atoms with Crippen LogP contribution >= 0.6 is 0 Å². The maximum Gasteiger partial charge on any atom is 0.314 e. The molecule has 2 N–H and O–H groups in total. The van der Waals surface area contributed by atoms with Gasteiger partial charge < -0.3 is 10.3 Å². The van der Waals surface area contributed by atoms with E-state index in [1.165, 1.54) is 0 Å². The van der Waals surface area contributed by atoms with Gasteiger partial charge in [-0.05, 0) is 39.3 Å². The first-order valence-electron chi connectivity index (χ1n) is 6.27. The molecule has 19 heavy (non-hydrogen) atoms. The number of aliphatic hydroxyl groups excluding tert-OH is 1. The van der Waals surface area contributed by atoms with Crippen molar-refractivity contribution in [3.8, 4) is 0 Å². The zero-order valence-electron chi connectivity index (χ0n) is 11.7. The molecule has 104 valence electrons. The number of benzene rings is 1. The molecular formula is C14H20N2O3. The van der Waals surface area contributed by atoms with E-state index in [2.05, 4.69) is 0 Å². The van der Waals surface area contributed by atoms with Crippen LogP contribution in [-0.4, -0.2) is 37.0 Å². The van der Waals surface area contributed by atoms with Crippen LogP contribution in [0.2, 0.25) is 0 Å². The van der Waals surface area contributed by atoms with E-state index in [0.29, 0.717) is 11.1 Å². The summed E-state index contributed by atoms with van der Waals surface area (Å²) in [6, 6.07) is 7.04. The highest BCUT2D eigenvalue weighted by atomic mass is 16.5. The molecule has 0 amide bonds. The summed E-state index contributed by atoms with van der Waals surface area (Å²) in [7, 11) is 0. The molecule has 1 aromatic rings. The number of hydrogen-bond donors (Lipinski definition) is 2. The van der Waals surface area contributed by atoms with E-state index < -0.39 is 11.1 Å². The highest BCUT2D eigenvalue weighted by molar-refractivity contribution is 5.97. The average Bonchev–Trinajstić information content (AvgIpc) is 2.49.